The molecule has 0 radical (unpaired) electrons. The first-order valence-corrected chi connectivity index (χ1v) is 7.82. The van der Waals surface area contributed by atoms with Gasteiger partial charge in [0.15, 0.2) is 0 Å². The molecule has 1 saturated heterocycles. The molecule has 2 atom stereocenters. The summed E-state index contributed by atoms with van der Waals surface area (Å²) in [6, 6.07) is 0.177. The van der Waals surface area contributed by atoms with Crippen molar-refractivity contribution in [3.05, 3.63) is 0 Å². The summed E-state index contributed by atoms with van der Waals surface area (Å²) in [4.78, 5) is 27.0. The molecule has 0 aromatic heterocycles. The summed E-state index contributed by atoms with van der Waals surface area (Å²) in [5.41, 5.74) is 0. The number of carboxylic acids is 1. The van der Waals surface area contributed by atoms with Gasteiger partial charge < -0.3 is 20.2 Å². The van der Waals surface area contributed by atoms with Crippen molar-refractivity contribution in [2.75, 3.05) is 26.7 Å². The minimum Gasteiger partial charge on any atom is -0.481 e. The Labute approximate surface area is 127 Å². The molecule has 0 spiro atoms. The molecule has 6 nitrogen and oxygen atoms in total. The minimum absolute atomic E-state index is 0.136. The van der Waals surface area contributed by atoms with Crippen LogP contribution in [0.4, 0.5) is 4.79 Å². The summed E-state index contributed by atoms with van der Waals surface area (Å²) < 4.78 is 0. The van der Waals surface area contributed by atoms with Crippen molar-refractivity contribution < 1.29 is 14.7 Å². The minimum atomic E-state index is -0.811. The quantitative estimate of drug-likeness (QED) is 0.701. The van der Waals surface area contributed by atoms with Crippen LogP contribution in [-0.2, 0) is 4.79 Å². The third kappa shape index (κ3) is 5.19. The van der Waals surface area contributed by atoms with E-state index in [0.29, 0.717) is 25.6 Å². The Morgan fingerprint density at radius 1 is 1.38 bits per heavy atom. The van der Waals surface area contributed by atoms with E-state index in [-0.39, 0.29) is 12.1 Å². The Balaban J connectivity index is 2.21. The summed E-state index contributed by atoms with van der Waals surface area (Å²) in [6.07, 6.45) is 2.53. The van der Waals surface area contributed by atoms with E-state index in [0.717, 1.165) is 19.4 Å². The van der Waals surface area contributed by atoms with E-state index in [1.54, 1.807) is 4.90 Å². The molecule has 0 bridgehead atoms. The largest absolute Gasteiger partial charge is 0.481 e. The molecule has 1 rings (SSSR count). The predicted octanol–water partition coefficient (Wildman–Crippen LogP) is 1.61. The predicted molar refractivity (Wildman–Crippen MR) is 82.3 cm³/mol. The highest BCUT2D eigenvalue weighted by atomic mass is 16.4. The van der Waals surface area contributed by atoms with E-state index < -0.39 is 11.9 Å². The van der Waals surface area contributed by atoms with Gasteiger partial charge >= 0.3 is 12.0 Å². The number of urea groups is 1. The van der Waals surface area contributed by atoms with Gasteiger partial charge in [0.1, 0.15) is 0 Å². The smallest absolute Gasteiger partial charge is 0.317 e. The third-order valence-corrected chi connectivity index (χ3v) is 4.43. The van der Waals surface area contributed by atoms with Gasteiger partial charge in [0.25, 0.3) is 0 Å². The molecule has 2 N–H and O–H groups in total. The number of hydrogen-bond acceptors (Lipinski definition) is 3. The van der Waals surface area contributed by atoms with Crippen molar-refractivity contribution in [1.82, 2.24) is 15.1 Å². The van der Waals surface area contributed by atoms with E-state index in [2.05, 4.69) is 31.1 Å². The fourth-order valence-corrected chi connectivity index (χ4v) is 2.60. The normalized spacial score (nSPS) is 22.1. The fourth-order valence-electron chi connectivity index (χ4n) is 2.60. The van der Waals surface area contributed by atoms with Crippen molar-refractivity contribution in [1.29, 1.82) is 0 Å². The molecule has 0 aromatic rings. The van der Waals surface area contributed by atoms with E-state index in [1.165, 1.54) is 0 Å². The van der Waals surface area contributed by atoms with Crippen LogP contribution in [0.25, 0.3) is 0 Å². The number of carboxylic acid groups (broad SMARTS) is 1. The lowest BCUT2D eigenvalue weighted by Gasteiger charge is -2.24. The number of likely N-dealkylation sites (tertiary alicyclic amines) is 1. The molecule has 6 heteroatoms. The number of carbonyl (C=O) groups excluding carboxylic acids is 1. The molecule has 21 heavy (non-hydrogen) atoms. The summed E-state index contributed by atoms with van der Waals surface area (Å²) in [7, 11) is 2.10. The van der Waals surface area contributed by atoms with Crippen molar-refractivity contribution in [2.45, 2.75) is 52.1 Å². The number of unbranched alkanes of at least 4 members (excludes halogenated alkanes) is 1. The lowest BCUT2D eigenvalue weighted by Crippen LogP contribution is -2.44. The first-order chi connectivity index (χ1) is 9.84. The van der Waals surface area contributed by atoms with E-state index in [4.69, 9.17) is 5.11 Å². The van der Waals surface area contributed by atoms with Crippen molar-refractivity contribution >= 4 is 12.0 Å². The average Bonchev–Trinajstić information content (AvgIpc) is 2.79. The second-order valence-electron chi connectivity index (χ2n) is 6.18. The van der Waals surface area contributed by atoms with Crippen LogP contribution in [-0.4, -0.2) is 65.7 Å². The van der Waals surface area contributed by atoms with Crippen molar-refractivity contribution in [2.24, 2.45) is 5.92 Å². The fraction of sp³-hybridized carbons (Fsp3) is 0.867. The first-order valence-electron chi connectivity index (χ1n) is 7.82. The maximum Gasteiger partial charge on any atom is 0.317 e. The molecule has 0 aromatic carbocycles. The van der Waals surface area contributed by atoms with Gasteiger partial charge in [0.2, 0.25) is 0 Å². The second kappa shape index (κ2) is 8.22. The van der Waals surface area contributed by atoms with E-state index >= 15 is 0 Å². The molecule has 2 amide bonds. The number of carbonyl (C=O) groups is 2. The highest BCUT2D eigenvalue weighted by Crippen LogP contribution is 2.24. The molecule has 122 valence electrons. The summed E-state index contributed by atoms with van der Waals surface area (Å²) >= 11 is 0. The van der Waals surface area contributed by atoms with Gasteiger partial charge in [-0.15, -0.1) is 0 Å². The second-order valence-corrected chi connectivity index (χ2v) is 6.18. The molecule has 0 aliphatic carbocycles. The highest BCUT2D eigenvalue weighted by molar-refractivity contribution is 5.78. The van der Waals surface area contributed by atoms with Crippen LogP contribution in [0.5, 0.6) is 0 Å². The van der Waals surface area contributed by atoms with Gasteiger partial charge in [0, 0.05) is 25.2 Å². The zero-order valence-corrected chi connectivity index (χ0v) is 13.6. The Morgan fingerprint density at radius 3 is 2.57 bits per heavy atom. The zero-order valence-electron chi connectivity index (χ0n) is 13.6. The first kappa shape index (κ1) is 17.8. The number of aliphatic carboxylic acids is 1. The molecule has 2 unspecified atom stereocenters. The maximum absolute atomic E-state index is 12.0. The topological polar surface area (TPSA) is 72.9 Å². The summed E-state index contributed by atoms with van der Waals surface area (Å²) in [5.74, 6) is -1.25. The summed E-state index contributed by atoms with van der Waals surface area (Å²) in [5, 5.41) is 12.0. The van der Waals surface area contributed by atoms with Crippen molar-refractivity contribution in [3.8, 4) is 0 Å². The standard InChI is InChI=1S/C15H29N3O3/c1-11(2)17(4)9-6-5-8-16-15(21)18-10-7-13(12(18)3)14(19)20/h11-13H,5-10H2,1-4H3,(H,16,21)(H,19,20). The maximum atomic E-state index is 12.0. The number of rotatable bonds is 7. The van der Waals surface area contributed by atoms with Crippen LogP contribution in [0.2, 0.25) is 0 Å². The molecule has 0 saturated carbocycles. The Kier molecular flexibility index (Phi) is 6.95. The van der Waals surface area contributed by atoms with Crippen LogP contribution in [0, 0.1) is 5.92 Å². The summed E-state index contributed by atoms with van der Waals surface area (Å²) in [6.45, 7) is 8.33. The Hall–Kier alpha value is -1.30. The van der Waals surface area contributed by atoms with Gasteiger partial charge in [-0.25, -0.2) is 4.79 Å². The molecule has 1 heterocycles. The van der Waals surface area contributed by atoms with Crippen LogP contribution in [0.15, 0.2) is 0 Å². The SMILES string of the molecule is CC(C)N(C)CCCCNC(=O)N1CCC(C(=O)O)C1C. The molecule has 1 aliphatic rings. The molecule has 1 aliphatic heterocycles. The lowest BCUT2D eigenvalue weighted by molar-refractivity contribution is -0.142. The number of hydrogen-bond donors (Lipinski definition) is 2. The number of amides is 2. The van der Waals surface area contributed by atoms with Crippen molar-refractivity contribution in [3.63, 3.8) is 0 Å². The molecular formula is C15H29N3O3. The number of nitrogens with zero attached hydrogens (tertiary/aromatic N) is 2. The Morgan fingerprint density at radius 2 is 2.05 bits per heavy atom. The van der Waals surface area contributed by atoms with E-state index in [1.807, 2.05) is 6.92 Å². The third-order valence-electron chi connectivity index (χ3n) is 4.43. The zero-order chi connectivity index (χ0) is 16.0. The van der Waals surface area contributed by atoms with Gasteiger partial charge in [-0.2, -0.15) is 0 Å². The highest BCUT2D eigenvalue weighted by Gasteiger charge is 2.37. The Bertz CT molecular complexity index is 360. The number of nitrogens with one attached hydrogen (secondary N) is 1. The van der Waals surface area contributed by atoms with E-state index in [9.17, 15) is 9.59 Å². The van der Waals surface area contributed by atoms with Gasteiger partial charge in [-0.1, -0.05) is 0 Å². The van der Waals surface area contributed by atoms with Crippen LogP contribution >= 0.6 is 0 Å². The lowest BCUT2D eigenvalue weighted by atomic mass is 10.0. The van der Waals surface area contributed by atoms with Gasteiger partial charge in [-0.3, -0.25) is 4.79 Å². The molecular weight excluding hydrogens is 270 g/mol. The van der Waals surface area contributed by atoms with Gasteiger partial charge in [-0.05, 0) is 53.6 Å². The van der Waals surface area contributed by atoms with Crippen LogP contribution < -0.4 is 5.32 Å². The molecule has 1 fully saturated rings. The van der Waals surface area contributed by atoms with Crippen LogP contribution in [0.3, 0.4) is 0 Å². The monoisotopic (exact) mass is 299 g/mol. The van der Waals surface area contributed by atoms with Crippen LogP contribution in [0.1, 0.15) is 40.0 Å². The average molecular weight is 299 g/mol. The van der Waals surface area contributed by atoms with Gasteiger partial charge in [0.05, 0.1) is 5.92 Å².